The zero-order chi connectivity index (χ0) is 10.3. The second-order valence-corrected chi connectivity index (χ2v) is 5.81. The molecular weight excluding hydrogens is 226 g/mol. The maximum absolute atomic E-state index is 5.60. The Morgan fingerprint density at radius 2 is 2.33 bits per heavy atom. The van der Waals surface area contributed by atoms with Gasteiger partial charge in [0.1, 0.15) is 5.82 Å². The van der Waals surface area contributed by atoms with Gasteiger partial charge >= 0.3 is 0 Å². The average Bonchev–Trinajstić information content (AvgIpc) is 2.82. The molecule has 0 aromatic carbocycles. The van der Waals surface area contributed by atoms with Crippen LogP contribution in [-0.4, -0.2) is 16.0 Å². The lowest BCUT2D eigenvalue weighted by Crippen LogP contribution is -1.96. The van der Waals surface area contributed by atoms with E-state index in [9.17, 15) is 0 Å². The number of rotatable bonds is 1. The van der Waals surface area contributed by atoms with Gasteiger partial charge in [-0.1, -0.05) is 0 Å². The van der Waals surface area contributed by atoms with Crippen molar-refractivity contribution in [2.45, 2.75) is 12.2 Å². The van der Waals surface area contributed by atoms with Crippen LogP contribution in [0.3, 0.4) is 0 Å². The van der Waals surface area contributed by atoms with E-state index in [-0.39, 0.29) is 0 Å². The molecule has 1 aliphatic rings. The van der Waals surface area contributed by atoms with Crippen LogP contribution >= 0.6 is 23.1 Å². The molecule has 0 radical (unpaired) electrons. The quantitative estimate of drug-likeness (QED) is 0.801. The SMILES string of the molecule is Nc1cc(-c2cc3c(s2)CCSC3)[nH]n1. The van der Waals surface area contributed by atoms with E-state index in [2.05, 4.69) is 16.3 Å². The maximum Gasteiger partial charge on any atom is 0.145 e. The first-order chi connectivity index (χ1) is 7.33. The van der Waals surface area contributed by atoms with Crippen molar-refractivity contribution >= 4 is 28.9 Å². The number of hydrogen-bond donors (Lipinski definition) is 2. The van der Waals surface area contributed by atoms with Crippen LogP contribution in [0, 0.1) is 0 Å². The molecule has 3 heterocycles. The van der Waals surface area contributed by atoms with Crippen LogP contribution < -0.4 is 5.73 Å². The highest BCUT2D eigenvalue weighted by atomic mass is 32.2. The van der Waals surface area contributed by atoms with Crippen molar-refractivity contribution in [2.75, 3.05) is 11.5 Å². The zero-order valence-corrected chi connectivity index (χ0v) is 9.75. The first-order valence-electron chi connectivity index (χ1n) is 4.83. The van der Waals surface area contributed by atoms with Gasteiger partial charge in [0.15, 0.2) is 0 Å². The predicted molar refractivity (Wildman–Crippen MR) is 66.2 cm³/mol. The molecule has 15 heavy (non-hydrogen) atoms. The molecule has 3 N–H and O–H groups in total. The summed E-state index contributed by atoms with van der Waals surface area (Å²) in [5.41, 5.74) is 8.12. The van der Waals surface area contributed by atoms with Gasteiger partial charge < -0.3 is 5.73 Å². The largest absolute Gasteiger partial charge is 0.382 e. The van der Waals surface area contributed by atoms with Crippen molar-refractivity contribution in [2.24, 2.45) is 0 Å². The van der Waals surface area contributed by atoms with Crippen molar-refractivity contribution in [3.8, 4) is 10.6 Å². The first kappa shape index (κ1) is 9.30. The molecule has 78 valence electrons. The molecule has 2 aromatic rings. The predicted octanol–water partition coefficient (Wildman–Crippen LogP) is 2.51. The third-order valence-electron chi connectivity index (χ3n) is 2.49. The number of aromatic nitrogens is 2. The Hall–Kier alpha value is -0.940. The van der Waals surface area contributed by atoms with Gasteiger partial charge in [0.2, 0.25) is 0 Å². The Balaban J connectivity index is 2.02. The standard InChI is InChI=1S/C10H11N3S2/c11-10-4-7(12-13-10)9-3-6-5-14-2-1-8(6)15-9/h3-4H,1-2,5H2,(H3,11,12,13). The minimum absolute atomic E-state index is 0.561. The molecule has 0 aliphatic carbocycles. The summed E-state index contributed by atoms with van der Waals surface area (Å²) in [6.45, 7) is 0. The number of nitrogens with zero attached hydrogens (tertiary/aromatic N) is 1. The summed E-state index contributed by atoms with van der Waals surface area (Å²) in [5, 5.41) is 6.91. The van der Waals surface area contributed by atoms with Gasteiger partial charge in [-0.05, 0) is 23.8 Å². The summed E-state index contributed by atoms with van der Waals surface area (Å²) >= 11 is 3.87. The second kappa shape index (κ2) is 3.57. The number of aromatic amines is 1. The fourth-order valence-corrected chi connectivity index (χ4v) is 4.08. The molecule has 0 fully saturated rings. The number of nitrogen functional groups attached to an aromatic ring is 1. The fourth-order valence-electron chi connectivity index (χ4n) is 1.74. The summed E-state index contributed by atoms with van der Waals surface area (Å²) in [4.78, 5) is 2.78. The number of fused-ring (bicyclic) bond motifs is 1. The number of nitrogens with two attached hydrogens (primary N) is 1. The van der Waals surface area contributed by atoms with E-state index < -0.39 is 0 Å². The Morgan fingerprint density at radius 3 is 3.07 bits per heavy atom. The number of thioether (sulfide) groups is 1. The molecule has 0 saturated heterocycles. The summed E-state index contributed by atoms with van der Waals surface area (Å²) in [6, 6.07) is 4.16. The number of nitrogens with one attached hydrogen (secondary N) is 1. The number of anilines is 1. The minimum atomic E-state index is 0.561. The number of hydrogen-bond acceptors (Lipinski definition) is 4. The molecule has 1 aliphatic heterocycles. The topological polar surface area (TPSA) is 54.7 Å². The molecule has 0 unspecified atom stereocenters. The van der Waals surface area contributed by atoms with E-state index in [1.165, 1.54) is 27.5 Å². The Bertz CT molecular complexity index is 463. The van der Waals surface area contributed by atoms with Crippen molar-refractivity contribution in [3.05, 3.63) is 22.6 Å². The highest BCUT2D eigenvalue weighted by molar-refractivity contribution is 7.98. The van der Waals surface area contributed by atoms with Gasteiger partial charge in [-0.2, -0.15) is 16.9 Å². The number of thiophene rings is 1. The highest BCUT2D eigenvalue weighted by Gasteiger charge is 2.15. The lowest BCUT2D eigenvalue weighted by molar-refractivity contribution is 1.10. The molecule has 3 rings (SSSR count). The second-order valence-electron chi connectivity index (χ2n) is 3.57. The summed E-state index contributed by atoms with van der Waals surface area (Å²) in [7, 11) is 0. The molecule has 3 nitrogen and oxygen atoms in total. The van der Waals surface area contributed by atoms with Gasteiger partial charge in [0.05, 0.1) is 10.6 Å². The van der Waals surface area contributed by atoms with E-state index in [0.717, 1.165) is 11.4 Å². The maximum atomic E-state index is 5.60. The third kappa shape index (κ3) is 1.66. The van der Waals surface area contributed by atoms with E-state index in [1.807, 2.05) is 29.2 Å². The molecule has 0 bridgehead atoms. The van der Waals surface area contributed by atoms with E-state index in [1.54, 1.807) is 0 Å². The van der Waals surface area contributed by atoms with Crippen LogP contribution in [0.2, 0.25) is 0 Å². The van der Waals surface area contributed by atoms with Crippen LogP contribution in [0.15, 0.2) is 12.1 Å². The van der Waals surface area contributed by atoms with Gasteiger partial charge in [0, 0.05) is 16.7 Å². The Morgan fingerprint density at radius 1 is 1.40 bits per heavy atom. The lowest BCUT2D eigenvalue weighted by atomic mass is 10.2. The third-order valence-corrected chi connectivity index (χ3v) is 4.77. The molecule has 2 aromatic heterocycles. The summed E-state index contributed by atoms with van der Waals surface area (Å²) in [5.74, 6) is 2.96. The molecule has 0 saturated carbocycles. The Labute approximate surface area is 96.1 Å². The summed E-state index contributed by atoms with van der Waals surface area (Å²) < 4.78 is 0. The molecule has 5 heteroatoms. The van der Waals surface area contributed by atoms with Crippen molar-refractivity contribution < 1.29 is 0 Å². The normalized spacial score (nSPS) is 15.2. The van der Waals surface area contributed by atoms with Gasteiger partial charge in [-0.15, -0.1) is 11.3 Å². The first-order valence-corrected chi connectivity index (χ1v) is 6.80. The van der Waals surface area contributed by atoms with Gasteiger partial charge in [-0.25, -0.2) is 0 Å². The minimum Gasteiger partial charge on any atom is -0.382 e. The van der Waals surface area contributed by atoms with Crippen molar-refractivity contribution in [3.63, 3.8) is 0 Å². The van der Waals surface area contributed by atoms with E-state index in [0.29, 0.717) is 5.82 Å². The molecule has 0 spiro atoms. The van der Waals surface area contributed by atoms with Crippen molar-refractivity contribution in [1.82, 2.24) is 10.2 Å². The summed E-state index contributed by atoms with van der Waals surface area (Å²) in [6.07, 6.45) is 1.20. The van der Waals surface area contributed by atoms with Crippen LogP contribution in [-0.2, 0) is 12.2 Å². The monoisotopic (exact) mass is 237 g/mol. The van der Waals surface area contributed by atoms with Crippen molar-refractivity contribution in [1.29, 1.82) is 0 Å². The number of H-pyrrole nitrogens is 1. The molecular formula is C10H11N3S2. The highest BCUT2D eigenvalue weighted by Crippen LogP contribution is 2.36. The van der Waals surface area contributed by atoms with Crippen LogP contribution in [0.25, 0.3) is 10.6 Å². The smallest absolute Gasteiger partial charge is 0.145 e. The molecule has 0 atom stereocenters. The Kier molecular flexibility index (Phi) is 2.21. The van der Waals surface area contributed by atoms with E-state index in [4.69, 9.17) is 5.73 Å². The van der Waals surface area contributed by atoms with Crippen LogP contribution in [0.5, 0.6) is 0 Å². The average molecular weight is 237 g/mol. The van der Waals surface area contributed by atoms with Crippen LogP contribution in [0.1, 0.15) is 10.4 Å². The molecule has 0 amide bonds. The van der Waals surface area contributed by atoms with Gasteiger partial charge in [0.25, 0.3) is 0 Å². The number of aryl methyl sites for hydroxylation is 1. The fraction of sp³-hybridized carbons (Fsp3) is 0.300. The van der Waals surface area contributed by atoms with E-state index >= 15 is 0 Å². The van der Waals surface area contributed by atoms with Gasteiger partial charge in [-0.3, -0.25) is 5.10 Å². The lowest BCUT2D eigenvalue weighted by Gasteiger charge is -2.08. The zero-order valence-electron chi connectivity index (χ0n) is 8.12. The van der Waals surface area contributed by atoms with Crippen LogP contribution in [0.4, 0.5) is 5.82 Å².